The normalized spacial score (nSPS) is 17.4. The van der Waals surface area contributed by atoms with Gasteiger partial charge in [0.05, 0.1) is 23.9 Å². The number of pyridine rings is 1. The molecule has 1 aliphatic rings. The van der Waals surface area contributed by atoms with Crippen LogP contribution in [0.2, 0.25) is 5.02 Å². The van der Waals surface area contributed by atoms with E-state index in [4.69, 9.17) is 21.1 Å². The molecule has 7 heteroatoms. The van der Waals surface area contributed by atoms with Crippen LogP contribution in [0, 0.1) is 11.3 Å². The molecule has 1 unspecified atom stereocenters. The van der Waals surface area contributed by atoms with Gasteiger partial charge in [-0.2, -0.15) is 0 Å². The molecular weight excluding hydrogens is 370 g/mol. The Bertz CT molecular complexity index is 934. The Morgan fingerprint density at radius 2 is 2.07 bits per heavy atom. The van der Waals surface area contributed by atoms with E-state index in [-0.39, 0.29) is 23.3 Å². The first-order chi connectivity index (χ1) is 12.7. The summed E-state index contributed by atoms with van der Waals surface area (Å²) >= 11 is 6.29. The van der Waals surface area contributed by atoms with Crippen molar-refractivity contribution >= 4 is 17.6 Å². The average molecular weight is 392 g/mol. The lowest BCUT2D eigenvalue weighted by atomic mass is 10.1. The van der Waals surface area contributed by atoms with Crippen molar-refractivity contribution in [1.29, 1.82) is 0 Å². The fraction of sp³-hybridized carbons (Fsp3) is 0.400. The van der Waals surface area contributed by atoms with Gasteiger partial charge in [0.2, 0.25) is 0 Å². The van der Waals surface area contributed by atoms with Crippen LogP contribution in [0.3, 0.4) is 0 Å². The van der Waals surface area contributed by atoms with E-state index in [2.05, 4.69) is 18.8 Å². The number of nitrogens with one attached hydrogen (secondary N) is 1. The average Bonchev–Trinajstić information content (AvgIpc) is 3.22. The quantitative estimate of drug-likeness (QED) is 0.726. The topological polar surface area (TPSA) is 88.6 Å². The van der Waals surface area contributed by atoms with Crippen LogP contribution >= 0.6 is 11.6 Å². The van der Waals surface area contributed by atoms with E-state index in [1.807, 2.05) is 0 Å². The van der Waals surface area contributed by atoms with E-state index in [1.54, 1.807) is 6.92 Å². The largest absolute Gasteiger partial charge is 0.507 e. The first kappa shape index (κ1) is 19.3. The predicted molar refractivity (Wildman–Crippen MR) is 103 cm³/mol. The summed E-state index contributed by atoms with van der Waals surface area (Å²) in [6.07, 6.45) is 2.37. The van der Waals surface area contributed by atoms with Gasteiger partial charge in [-0.25, -0.2) is 4.79 Å². The van der Waals surface area contributed by atoms with Crippen molar-refractivity contribution in [3.63, 3.8) is 0 Å². The maximum absolute atomic E-state index is 12.2. The minimum atomic E-state index is -0.695. The Labute approximate surface area is 162 Å². The molecule has 0 spiro atoms. The van der Waals surface area contributed by atoms with Gasteiger partial charge in [-0.1, -0.05) is 25.4 Å². The van der Waals surface area contributed by atoms with E-state index >= 15 is 0 Å². The third kappa shape index (κ3) is 4.11. The van der Waals surface area contributed by atoms with Gasteiger partial charge in [-0.05, 0) is 30.7 Å². The number of aromatic hydroxyl groups is 1. The maximum atomic E-state index is 12.2. The summed E-state index contributed by atoms with van der Waals surface area (Å²) in [7, 11) is 0. The van der Waals surface area contributed by atoms with Crippen molar-refractivity contribution in [1.82, 2.24) is 4.98 Å². The number of hydrogen-bond acceptors (Lipinski definition) is 5. The second-order valence-electron chi connectivity index (χ2n) is 7.35. The molecule has 0 aliphatic heterocycles. The number of phenolic OH excluding ortho intramolecular Hbond substituents is 1. The number of aromatic amines is 1. The third-order valence-corrected chi connectivity index (χ3v) is 5.20. The highest BCUT2D eigenvalue weighted by Crippen LogP contribution is 2.51. The van der Waals surface area contributed by atoms with Crippen LogP contribution in [0.15, 0.2) is 29.2 Å². The molecule has 1 aromatic heterocycles. The molecule has 0 radical (unpaired) electrons. The molecule has 27 heavy (non-hydrogen) atoms. The zero-order valence-electron chi connectivity index (χ0n) is 15.5. The van der Waals surface area contributed by atoms with Crippen molar-refractivity contribution in [2.24, 2.45) is 11.3 Å². The van der Waals surface area contributed by atoms with Gasteiger partial charge in [0, 0.05) is 23.9 Å². The number of hydrogen-bond donors (Lipinski definition) is 2. The molecule has 1 fully saturated rings. The number of phenols is 1. The minimum Gasteiger partial charge on any atom is -0.507 e. The maximum Gasteiger partial charge on any atom is 0.343 e. The number of carbonyl (C=O) groups excluding carboxylic acids is 1. The van der Waals surface area contributed by atoms with Crippen molar-refractivity contribution in [3.05, 3.63) is 45.2 Å². The first-order valence-corrected chi connectivity index (χ1v) is 9.16. The lowest BCUT2D eigenvalue weighted by Gasteiger charge is -2.12. The highest BCUT2D eigenvalue weighted by Gasteiger charge is 2.46. The summed E-state index contributed by atoms with van der Waals surface area (Å²) in [6, 6.07) is 4.19. The number of ether oxygens (including phenoxy) is 2. The molecule has 1 atom stereocenters. The molecule has 1 heterocycles. The standard InChI is InChI=1S/C20H22ClNO5/c1-4-26-19(25)13-9-22-15(6-16(13)23)12-5-14(21)18(7-17(12)24)27-10-11-8-20(11,2)3/h5-7,9,11,24H,4,8,10H2,1-3H3,(H,22,23). The Kier molecular flexibility index (Phi) is 5.20. The summed E-state index contributed by atoms with van der Waals surface area (Å²) in [6.45, 7) is 6.74. The van der Waals surface area contributed by atoms with E-state index in [0.717, 1.165) is 6.42 Å². The predicted octanol–water partition coefficient (Wildman–Crippen LogP) is 4.00. The van der Waals surface area contributed by atoms with Gasteiger partial charge in [-0.3, -0.25) is 4.79 Å². The fourth-order valence-electron chi connectivity index (χ4n) is 2.92. The van der Waals surface area contributed by atoms with Gasteiger partial charge in [0.1, 0.15) is 17.1 Å². The molecule has 144 valence electrons. The van der Waals surface area contributed by atoms with E-state index in [1.165, 1.54) is 24.4 Å². The van der Waals surface area contributed by atoms with Crippen LogP contribution in [0.25, 0.3) is 11.3 Å². The number of carbonyl (C=O) groups is 1. The third-order valence-electron chi connectivity index (χ3n) is 4.91. The molecule has 0 bridgehead atoms. The van der Waals surface area contributed by atoms with Crippen molar-refractivity contribution in [2.75, 3.05) is 13.2 Å². The minimum absolute atomic E-state index is 0.0796. The van der Waals surface area contributed by atoms with E-state index in [9.17, 15) is 14.7 Å². The Hall–Kier alpha value is -2.47. The molecule has 2 N–H and O–H groups in total. The van der Waals surface area contributed by atoms with Crippen LogP contribution < -0.4 is 10.2 Å². The van der Waals surface area contributed by atoms with Crippen molar-refractivity contribution in [2.45, 2.75) is 27.2 Å². The lowest BCUT2D eigenvalue weighted by Crippen LogP contribution is -2.17. The van der Waals surface area contributed by atoms with E-state index in [0.29, 0.717) is 34.6 Å². The van der Waals surface area contributed by atoms with Crippen LogP contribution in [-0.4, -0.2) is 29.3 Å². The first-order valence-electron chi connectivity index (χ1n) is 8.78. The van der Waals surface area contributed by atoms with Crippen LogP contribution in [0.5, 0.6) is 11.5 Å². The van der Waals surface area contributed by atoms with Gasteiger partial charge in [0.25, 0.3) is 0 Å². The summed E-state index contributed by atoms with van der Waals surface area (Å²) in [5.41, 5.74) is 0.357. The Morgan fingerprint density at radius 1 is 1.37 bits per heavy atom. The van der Waals surface area contributed by atoms with Gasteiger partial charge in [-0.15, -0.1) is 0 Å². The Morgan fingerprint density at radius 3 is 2.67 bits per heavy atom. The fourth-order valence-corrected chi connectivity index (χ4v) is 3.13. The highest BCUT2D eigenvalue weighted by molar-refractivity contribution is 6.32. The second kappa shape index (κ2) is 7.27. The number of aromatic nitrogens is 1. The molecule has 1 aromatic carbocycles. The molecule has 3 rings (SSSR count). The smallest absolute Gasteiger partial charge is 0.343 e. The zero-order valence-corrected chi connectivity index (χ0v) is 16.2. The van der Waals surface area contributed by atoms with Gasteiger partial charge >= 0.3 is 5.97 Å². The summed E-state index contributed by atoms with van der Waals surface area (Å²) < 4.78 is 10.6. The molecule has 1 saturated carbocycles. The molecule has 2 aromatic rings. The summed E-state index contributed by atoms with van der Waals surface area (Å²) in [5.74, 6) is 0.0940. The summed E-state index contributed by atoms with van der Waals surface area (Å²) in [5, 5.41) is 10.7. The number of benzene rings is 1. The Balaban J connectivity index is 1.83. The molecule has 1 aliphatic carbocycles. The van der Waals surface area contributed by atoms with Crippen LogP contribution in [0.4, 0.5) is 0 Å². The van der Waals surface area contributed by atoms with Crippen LogP contribution in [-0.2, 0) is 4.74 Å². The summed E-state index contributed by atoms with van der Waals surface area (Å²) in [4.78, 5) is 26.7. The monoisotopic (exact) mass is 391 g/mol. The lowest BCUT2D eigenvalue weighted by molar-refractivity contribution is 0.0524. The number of H-pyrrole nitrogens is 1. The van der Waals surface area contributed by atoms with Crippen molar-refractivity contribution in [3.8, 4) is 22.8 Å². The SMILES string of the molecule is CCOC(=O)c1c[nH]c(-c2cc(Cl)c(OCC3CC3(C)C)cc2O)cc1=O. The zero-order chi connectivity index (χ0) is 19.8. The van der Waals surface area contributed by atoms with Crippen molar-refractivity contribution < 1.29 is 19.4 Å². The molecule has 0 amide bonds. The number of halogens is 1. The highest BCUT2D eigenvalue weighted by atomic mass is 35.5. The molecular formula is C20H22ClNO5. The van der Waals surface area contributed by atoms with Crippen LogP contribution in [0.1, 0.15) is 37.6 Å². The number of rotatable bonds is 6. The number of esters is 1. The van der Waals surface area contributed by atoms with Gasteiger partial charge in [0.15, 0.2) is 5.43 Å². The second-order valence-corrected chi connectivity index (χ2v) is 7.75. The van der Waals surface area contributed by atoms with Gasteiger partial charge < -0.3 is 19.6 Å². The molecule has 0 saturated heterocycles. The van der Waals surface area contributed by atoms with E-state index < -0.39 is 11.4 Å². The molecule has 6 nitrogen and oxygen atoms in total.